The van der Waals surface area contributed by atoms with Gasteiger partial charge in [0, 0.05) is 19.5 Å². The van der Waals surface area contributed by atoms with Crippen LogP contribution < -0.4 is 5.32 Å². The van der Waals surface area contributed by atoms with E-state index in [1.165, 1.54) is 6.07 Å². The minimum atomic E-state index is -0.171. The number of aliphatic hydroxyl groups is 1. The van der Waals surface area contributed by atoms with Crippen LogP contribution in [0.15, 0.2) is 24.3 Å². The van der Waals surface area contributed by atoms with Crippen molar-refractivity contribution in [2.45, 2.75) is 38.3 Å². The van der Waals surface area contributed by atoms with Crippen molar-refractivity contribution in [1.82, 2.24) is 10.2 Å². The molecule has 1 saturated heterocycles. The number of nitrogens with zero attached hydrogens (tertiary/aromatic N) is 1. The molecule has 1 fully saturated rings. The predicted molar refractivity (Wildman–Crippen MR) is 79.2 cm³/mol. The van der Waals surface area contributed by atoms with Crippen LogP contribution in [0.25, 0.3) is 0 Å². The molecule has 0 spiro atoms. The Morgan fingerprint density at radius 1 is 1.38 bits per heavy atom. The number of benzene rings is 1. The zero-order valence-electron chi connectivity index (χ0n) is 12.2. The summed E-state index contributed by atoms with van der Waals surface area (Å²) in [5.41, 5.74) is 0.712. The van der Waals surface area contributed by atoms with Gasteiger partial charge in [0.1, 0.15) is 5.82 Å². The molecule has 1 atom stereocenters. The van der Waals surface area contributed by atoms with Gasteiger partial charge in [0.25, 0.3) is 0 Å². The highest BCUT2D eigenvalue weighted by molar-refractivity contribution is 5.76. The molecule has 0 bridgehead atoms. The SMILES string of the molecule is O=C(CCO)NC1CCCCN1CCc1ccccc1F. The largest absolute Gasteiger partial charge is 0.396 e. The Kier molecular flexibility index (Phi) is 6.14. The third-order valence-electron chi connectivity index (χ3n) is 3.91. The van der Waals surface area contributed by atoms with Gasteiger partial charge in [0.15, 0.2) is 0 Å². The second-order valence-corrected chi connectivity index (χ2v) is 5.43. The number of nitrogens with one attached hydrogen (secondary N) is 1. The lowest BCUT2D eigenvalue weighted by Gasteiger charge is -2.36. The van der Waals surface area contributed by atoms with Crippen molar-refractivity contribution in [3.05, 3.63) is 35.6 Å². The van der Waals surface area contributed by atoms with E-state index in [0.717, 1.165) is 32.4 Å². The van der Waals surface area contributed by atoms with Crippen LogP contribution in [0.2, 0.25) is 0 Å². The fourth-order valence-electron chi connectivity index (χ4n) is 2.75. The molecule has 21 heavy (non-hydrogen) atoms. The van der Waals surface area contributed by atoms with Gasteiger partial charge in [-0.05, 0) is 37.3 Å². The second-order valence-electron chi connectivity index (χ2n) is 5.43. The van der Waals surface area contributed by atoms with Crippen molar-refractivity contribution >= 4 is 5.91 Å². The fraction of sp³-hybridized carbons (Fsp3) is 0.562. The summed E-state index contributed by atoms with van der Waals surface area (Å²) in [4.78, 5) is 13.8. The van der Waals surface area contributed by atoms with Gasteiger partial charge in [-0.3, -0.25) is 9.69 Å². The summed E-state index contributed by atoms with van der Waals surface area (Å²) in [7, 11) is 0. The normalized spacial score (nSPS) is 19.4. The van der Waals surface area contributed by atoms with Gasteiger partial charge < -0.3 is 10.4 Å². The lowest BCUT2D eigenvalue weighted by atomic mass is 10.1. The van der Waals surface area contributed by atoms with Crippen LogP contribution in [0, 0.1) is 5.82 Å². The molecule has 4 nitrogen and oxygen atoms in total. The van der Waals surface area contributed by atoms with Crippen molar-refractivity contribution in [3.63, 3.8) is 0 Å². The first-order chi connectivity index (χ1) is 10.2. The number of hydrogen-bond donors (Lipinski definition) is 2. The Morgan fingerprint density at radius 3 is 2.95 bits per heavy atom. The van der Waals surface area contributed by atoms with Crippen LogP contribution in [0.4, 0.5) is 4.39 Å². The number of amides is 1. The molecular weight excluding hydrogens is 271 g/mol. The quantitative estimate of drug-likeness (QED) is 0.839. The van der Waals surface area contributed by atoms with Crippen LogP contribution in [0.3, 0.4) is 0 Å². The van der Waals surface area contributed by atoms with Gasteiger partial charge >= 0.3 is 0 Å². The van der Waals surface area contributed by atoms with Crippen LogP contribution in [0.5, 0.6) is 0 Å². The maximum Gasteiger partial charge on any atom is 0.223 e. The minimum absolute atomic E-state index is 0.00423. The maximum atomic E-state index is 13.6. The number of rotatable bonds is 6. The molecule has 1 amide bonds. The van der Waals surface area contributed by atoms with Crippen molar-refractivity contribution in [1.29, 1.82) is 0 Å². The standard InChI is InChI=1S/C16H23FN2O2/c17-14-6-2-1-5-13(14)8-11-19-10-4-3-7-15(19)18-16(21)9-12-20/h1-2,5-6,15,20H,3-4,7-12H2,(H,18,21). The van der Waals surface area contributed by atoms with Crippen LogP contribution in [-0.2, 0) is 11.2 Å². The van der Waals surface area contributed by atoms with E-state index in [4.69, 9.17) is 5.11 Å². The van der Waals surface area contributed by atoms with Crippen molar-refractivity contribution in [3.8, 4) is 0 Å². The average Bonchev–Trinajstić information content (AvgIpc) is 2.48. The van der Waals surface area contributed by atoms with E-state index in [-0.39, 0.29) is 30.9 Å². The molecule has 1 heterocycles. The van der Waals surface area contributed by atoms with E-state index in [9.17, 15) is 9.18 Å². The Bertz CT molecular complexity index is 467. The first-order valence-electron chi connectivity index (χ1n) is 7.58. The summed E-state index contributed by atoms with van der Waals surface area (Å²) >= 11 is 0. The molecule has 0 aliphatic carbocycles. The monoisotopic (exact) mass is 294 g/mol. The molecule has 2 rings (SSSR count). The van der Waals surface area contributed by atoms with Crippen LogP contribution in [0.1, 0.15) is 31.2 Å². The summed E-state index contributed by atoms with van der Waals surface area (Å²) in [5, 5.41) is 11.8. The molecule has 1 aromatic carbocycles. The summed E-state index contributed by atoms with van der Waals surface area (Å²) in [6.45, 7) is 1.51. The van der Waals surface area contributed by atoms with Crippen molar-refractivity contribution in [2.24, 2.45) is 0 Å². The molecular formula is C16H23FN2O2. The summed E-state index contributed by atoms with van der Waals surface area (Å²) in [6, 6.07) is 6.82. The molecule has 1 aromatic rings. The number of likely N-dealkylation sites (tertiary alicyclic amines) is 1. The Hall–Kier alpha value is -1.46. The molecule has 0 saturated carbocycles. The van der Waals surface area contributed by atoms with Gasteiger partial charge in [0.05, 0.1) is 12.8 Å². The third kappa shape index (κ3) is 4.79. The lowest BCUT2D eigenvalue weighted by molar-refractivity contribution is -0.124. The van der Waals surface area contributed by atoms with E-state index >= 15 is 0 Å². The van der Waals surface area contributed by atoms with E-state index in [1.54, 1.807) is 12.1 Å². The molecule has 1 aliphatic heterocycles. The maximum absolute atomic E-state index is 13.6. The first kappa shape index (κ1) is 15.9. The van der Waals surface area contributed by atoms with Gasteiger partial charge in [-0.15, -0.1) is 0 Å². The van der Waals surface area contributed by atoms with Gasteiger partial charge in [-0.2, -0.15) is 0 Å². The highest BCUT2D eigenvalue weighted by Crippen LogP contribution is 2.16. The average molecular weight is 294 g/mol. The van der Waals surface area contributed by atoms with Gasteiger partial charge in [-0.1, -0.05) is 18.2 Å². The highest BCUT2D eigenvalue weighted by Gasteiger charge is 2.23. The highest BCUT2D eigenvalue weighted by atomic mass is 19.1. The van der Waals surface area contributed by atoms with Crippen molar-refractivity contribution in [2.75, 3.05) is 19.7 Å². The van der Waals surface area contributed by atoms with E-state index < -0.39 is 0 Å². The summed E-state index contributed by atoms with van der Waals surface area (Å²) in [5.74, 6) is -0.296. The number of piperidine rings is 1. The number of aliphatic hydroxyl groups excluding tert-OH is 1. The second kappa shape index (κ2) is 8.10. The Balaban J connectivity index is 1.90. The summed E-state index contributed by atoms with van der Waals surface area (Å²) < 4.78 is 13.6. The smallest absolute Gasteiger partial charge is 0.223 e. The molecule has 1 unspecified atom stereocenters. The van der Waals surface area contributed by atoms with E-state index in [0.29, 0.717) is 12.0 Å². The topological polar surface area (TPSA) is 52.6 Å². The number of carbonyl (C=O) groups excluding carboxylic acids is 1. The zero-order valence-corrected chi connectivity index (χ0v) is 12.2. The lowest BCUT2D eigenvalue weighted by Crippen LogP contribution is -2.51. The van der Waals surface area contributed by atoms with E-state index in [2.05, 4.69) is 10.2 Å². The molecule has 116 valence electrons. The zero-order chi connectivity index (χ0) is 15.1. The third-order valence-corrected chi connectivity index (χ3v) is 3.91. The molecule has 0 aromatic heterocycles. The van der Waals surface area contributed by atoms with Crippen LogP contribution in [-0.4, -0.2) is 41.8 Å². The molecule has 0 radical (unpaired) electrons. The fourth-order valence-corrected chi connectivity index (χ4v) is 2.75. The molecule has 5 heteroatoms. The van der Waals surface area contributed by atoms with Crippen molar-refractivity contribution < 1.29 is 14.3 Å². The number of carbonyl (C=O) groups is 1. The predicted octanol–water partition coefficient (Wildman–Crippen LogP) is 1.68. The Morgan fingerprint density at radius 2 is 2.19 bits per heavy atom. The number of halogens is 1. The first-order valence-corrected chi connectivity index (χ1v) is 7.58. The summed E-state index contributed by atoms with van der Waals surface area (Å²) in [6.07, 6.45) is 3.87. The van der Waals surface area contributed by atoms with Crippen LogP contribution >= 0.6 is 0 Å². The Labute approximate surface area is 125 Å². The van der Waals surface area contributed by atoms with Gasteiger partial charge in [0.2, 0.25) is 5.91 Å². The number of hydrogen-bond acceptors (Lipinski definition) is 3. The molecule has 2 N–H and O–H groups in total. The molecule has 1 aliphatic rings. The van der Waals surface area contributed by atoms with E-state index in [1.807, 2.05) is 6.07 Å². The minimum Gasteiger partial charge on any atom is -0.396 e. The van der Waals surface area contributed by atoms with Gasteiger partial charge in [-0.25, -0.2) is 4.39 Å².